The van der Waals surface area contributed by atoms with Gasteiger partial charge in [0.15, 0.2) is 0 Å². The zero-order valence-electron chi connectivity index (χ0n) is 13.8. The summed E-state index contributed by atoms with van der Waals surface area (Å²) in [4.78, 5) is 12.2. The van der Waals surface area contributed by atoms with Crippen molar-refractivity contribution in [3.8, 4) is 0 Å². The molecular weight excluding hydrogens is 266 g/mol. The van der Waals surface area contributed by atoms with Crippen LogP contribution in [0.15, 0.2) is 0 Å². The van der Waals surface area contributed by atoms with Crippen molar-refractivity contribution in [2.45, 2.75) is 83.0 Å². The number of likely N-dealkylation sites (N-methyl/N-ethyl adjacent to an activating group) is 1. The third kappa shape index (κ3) is 4.19. The largest absolute Gasteiger partial charge is 0.468 e. The first-order chi connectivity index (χ1) is 10.1. The summed E-state index contributed by atoms with van der Waals surface area (Å²) >= 11 is 0. The highest BCUT2D eigenvalue weighted by atomic mass is 16.5. The molecule has 4 nitrogen and oxygen atoms in total. The maximum Gasteiger partial charge on any atom is 0.326 e. The predicted molar refractivity (Wildman–Crippen MR) is 83.2 cm³/mol. The standard InChI is InChI=1S/C17H31NO3/c1-4-18-17(16(19)20-3)10-6-9-15(12-17)21-14-8-5-7-13(2)11-14/h13-15,18H,4-12H2,1-3H3. The molecule has 0 saturated heterocycles. The summed E-state index contributed by atoms with van der Waals surface area (Å²) in [5.41, 5.74) is -0.535. The first-order valence-corrected chi connectivity index (χ1v) is 8.58. The van der Waals surface area contributed by atoms with Crippen molar-refractivity contribution in [1.29, 1.82) is 0 Å². The van der Waals surface area contributed by atoms with Gasteiger partial charge in [0.1, 0.15) is 5.54 Å². The van der Waals surface area contributed by atoms with Crippen molar-refractivity contribution >= 4 is 5.97 Å². The lowest BCUT2D eigenvalue weighted by molar-refractivity contribution is -0.154. The lowest BCUT2D eigenvalue weighted by Crippen LogP contribution is -2.57. The summed E-state index contributed by atoms with van der Waals surface area (Å²) in [5, 5.41) is 3.37. The fourth-order valence-corrected chi connectivity index (χ4v) is 4.07. The Balaban J connectivity index is 1.96. The van der Waals surface area contributed by atoms with Gasteiger partial charge in [0.2, 0.25) is 0 Å². The van der Waals surface area contributed by atoms with Crippen LogP contribution in [0.1, 0.15) is 65.2 Å². The number of ether oxygens (including phenoxy) is 2. The van der Waals surface area contributed by atoms with Gasteiger partial charge < -0.3 is 14.8 Å². The van der Waals surface area contributed by atoms with Crippen LogP contribution in [0, 0.1) is 5.92 Å². The summed E-state index contributed by atoms with van der Waals surface area (Å²) in [7, 11) is 1.48. The second-order valence-corrected chi connectivity index (χ2v) is 6.85. The van der Waals surface area contributed by atoms with Gasteiger partial charge in [-0.2, -0.15) is 0 Å². The lowest BCUT2D eigenvalue weighted by atomic mass is 9.79. The minimum atomic E-state index is -0.535. The molecule has 0 bridgehead atoms. The SMILES string of the molecule is CCNC1(C(=O)OC)CCCC(OC2CCCC(C)C2)C1. The molecule has 1 N–H and O–H groups in total. The molecule has 0 aliphatic heterocycles. The minimum absolute atomic E-state index is 0.130. The molecule has 0 amide bonds. The van der Waals surface area contributed by atoms with Gasteiger partial charge in [-0.15, -0.1) is 0 Å². The van der Waals surface area contributed by atoms with E-state index in [9.17, 15) is 4.79 Å². The number of rotatable bonds is 5. The summed E-state index contributed by atoms with van der Waals surface area (Å²) in [6, 6.07) is 0. The molecule has 0 aromatic rings. The van der Waals surface area contributed by atoms with E-state index < -0.39 is 5.54 Å². The Bertz CT molecular complexity index is 343. The Morgan fingerprint density at radius 2 is 2.00 bits per heavy atom. The first kappa shape index (κ1) is 16.8. The van der Waals surface area contributed by atoms with Crippen molar-refractivity contribution in [2.75, 3.05) is 13.7 Å². The van der Waals surface area contributed by atoms with E-state index in [1.54, 1.807) is 0 Å². The van der Waals surface area contributed by atoms with E-state index in [1.165, 1.54) is 32.8 Å². The topological polar surface area (TPSA) is 47.6 Å². The maximum atomic E-state index is 12.2. The summed E-state index contributed by atoms with van der Waals surface area (Å²) in [6.07, 6.45) is 9.20. The molecule has 0 heterocycles. The summed E-state index contributed by atoms with van der Waals surface area (Å²) in [6.45, 7) is 5.13. The highest BCUT2D eigenvalue weighted by Gasteiger charge is 2.44. The fraction of sp³-hybridized carbons (Fsp3) is 0.941. The van der Waals surface area contributed by atoms with Crippen molar-refractivity contribution in [3.05, 3.63) is 0 Å². The number of hydrogen-bond donors (Lipinski definition) is 1. The Hall–Kier alpha value is -0.610. The third-order valence-corrected chi connectivity index (χ3v) is 5.07. The number of esters is 1. The fourth-order valence-electron chi connectivity index (χ4n) is 4.07. The minimum Gasteiger partial charge on any atom is -0.468 e. The summed E-state index contributed by atoms with van der Waals surface area (Å²) < 4.78 is 11.4. The van der Waals surface area contributed by atoms with E-state index in [0.717, 1.165) is 38.1 Å². The van der Waals surface area contributed by atoms with Crippen molar-refractivity contribution in [2.24, 2.45) is 5.92 Å². The van der Waals surface area contributed by atoms with Crippen LogP contribution in [-0.4, -0.2) is 37.4 Å². The highest BCUT2D eigenvalue weighted by molar-refractivity contribution is 5.81. The molecule has 2 saturated carbocycles. The zero-order valence-corrected chi connectivity index (χ0v) is 13.8. The second kappa shape index (κ2) is 7.59. The molecule has 2 fully saturated rings. The van der Waals surface area contributed by atoms with E-state index in [2.05, 4.69) is 12.2 Å². The highest BCUT2D eigenvalue weighted by Crippen LogP contribution is 2.34. The number of nitrogens with one attached hydrogen (secondary N) is 1. The Kier molecular flexibility index (Phi) is 6.06. The van der Waals surface area contributed by atoms with E-state index in [1.807, 2.05) is 6.92 Å². The van der Waals surface area contributed by atoms with Crippen LogP contribution < -0.4 is 5.32 Å². The van der Waals surface area contributed by atoms with Crippen molar-refractivity contribution < 1.29 is 14.3 Å². The van der Waals surface area contributed by atoms with E-state index in [4.69, 9.17) is 9.47 Å². The number of methoxy groups -OCH3 is 1. The molecule has 21 heavy (non-hydrogen) atoms. The molecular formula is C17H31NO3. The van der Waals surface area contributed by atoms with Crippen LogP contribution in [0.4, 0.5) is 0 Å². The molecule has 0 aromatic carbocycles. The molecule has 4 atom stereocenters. The number of hydrogen-bond acceptors (Lipinski definition) is 4. The van der Waals surface area contributed by atoms with Crippen LogP contribution in [0.25, 0.3) is 0 Å². The van der Waals surface area contributed by atoms with Crippen LogP contribution in [0.2, 0.25) is 0 Å². The predicted octanol–water partition coefficient (Wildman–Crippen LogP) is 3.05. The Morgan fingerprint density at radius 1 is 1.24 bits per heavy atom. The molecule has 122 valence electrons. The first-order valence-electron chi connectivity index (χ1n) is 8.58. The van der Waals surface area contributed by atoms with Gasteiger partial charge in [-0.1, -0.05) is 26.7 Å². The monoisotopic (exact) mass is 297 g/mol. The van der Waals surface area contributed by atoms with Crippen LogP contribution in [-0.2, 0) is 14.3 Å². The molecule has 2 aliphatic carbocycles. The van der Waals surface area contributed by atoms with Gasteiger partial charge in [0.25, 0.3) is 0 Å². The second-order valence-electron chi connectivity index (χ2n) is 6.85. The molecule has 0 aromatic heterocycles. The van der Waals surface area contributed by atoms with Gasteiger partial charge in [0, 0.05) is 6.42 Å². The Morgan fingerprint density at radius 3 is 2.67 bits per heavy atom. The van der Waals surface area contributed by atoms with Crippen molar-refractivity contribution in [1.82, 2.24) is 5.32 Å². The van der Waals surface area contributed by atoms with Crippen LogP contribution in [0.5, 0.6) is 0 Å². The number of carbonyl (C=O) groups is 1. The molecule has 2 rings (SSSR count). The zero-order chi connectivity index (χ0) is 15.3. The molecule has 4 heteroatoms. The average Bonchev–Trinajstić information content (AvgIpc) is 2.47. The van der Waals surface area contributed by atoms with Crippen LogP contribution >= 0.6 is 0 Å². The van der Waals surface area contributed by atoms with Crippen molar-refractivity contribution in [3.63, 3.8) is 0 Å². The lowest BCUT2D eigenvalue weighted by Gasteiger charge is -2.41. The average molecular weight is 297 g/mol. The van der Waals surface area contributed by atoms with Gasteiger partial charge in [-0.05, 0) is 44.6 Å². The van der Waals surface area contributed by atoms with E-state index >= 15 is 0 Å². The van der Waals surface area contributed by atoms with Gasteiger partial charge >= 0.3 is 5.97 Å². The van der Waals surface area contributed by atoms with E-state index in [0.29, 0.717) is 6.10 Å². The van der Waals surface area contributed by atoms with Gasteiger partial charge in [0.05, 0.1) is 19.3 Å². The molecule has 0 radical (unpaired) electrons. The van der Waals surface area contributed by atoms with Gasteiger partial charge in [-0.3, -0.25) is 4.79 Å². The smallest absolute Gasteiger partial charge is 0.326 e. The normalized spacial score (nSPS) is 37.2. The Labute approximate surface area is 129 Å². The van der Waals surface area contributed by atoms with E-state index in [-0.39, 0.29) is 12.1 Å². The van der Waals surface area contributed by atoms with Crippen LogP contribution in [0.3, 0.4) is 0 Å². The van der Waals surface area contributed by atoms with Gasteiger partial charge in [-0.25, -0.2) is 0 Å². The molecule has 4 unspecified atom stereocenters. The summed E-state index contributed by atoms with van der Waals surface area (Å²) in [5.74, 6) is 0.640. The quantitative estimate of drug-likeness (QED) is 0.792. The third-order valence-electron chi connectivity index (χ3n) is 5.07. The number of carbonyl (C=O) groups excluding carboxylic acids is 1. The molecule has 0 spiro atoms. The molecule has 2 aliphatic rings. The maximum absolute atomic E-state index is 12.2.